The van der Waals surface area contributed by atoms with Gasteiger partial charge < -0.3 is 5.32 Å². The fourth-order valence-electron chi connectivity index (χ4n) is 2.42. The minimum atomic E-state index is -0.579. The number of nitrogens with zero attached hydrogens (tertiary/aromatic N) is 2. The molecule has 1 aromatic carbocycles. The molecule has 1 fully saturated rings. The van der Waals surface area contributed by atoms with Crippen molar-refractivity contribution in [3.63, 3.8) is 0 Å². The summed E-state index contributed by atoms with van der Waals surface area (Å²) in [5.74, 6) is -0.708. The SMILES string of the molecule is CCNCc1cnn(-c2ccc(F)cc2F)c1C1CC1. The van der Waals surface area contributed by atoms with E-state index in [1.54, 1.807) is 10.9 Å². The summed E-state index contributed by atoms with van der Waals surface area (Å²) in [5, 5.41) is 7.57. The van der Waals surface area contributed by atoms with Crippen molar-refractivity contribution in [3.05, 3.63) is 47.3 Å². The lowest BCUT2D eigenvalue weighted by molar-refractivity contribution is 0.571. The Bertz CT molecular complexity index is 618. The maximum Gasteiger partial charge on any atom is 0.151 e. The summed E-state index contributed by atoms with van der Waals surface area (Å²) in [4.78, 5) is 0. The molecular formula is C15H17F2N3. The Morgan fingerprint density at radius 3 is 2.80 bits per heavy atom. The van der Waals surface area contributed by atoms with Gasteiger partial charge in [-0.1, -0.05) is 6.92 Å². The van der Waals surface area contributed by atoms with Gasteiger partial charge in [-0.3, -0.25) is 0 Å². The minimum Gasteiger partial charge on any atom is -0.313 e. The van der Waals surface area contributed by atoms with Crippen LogP contribution in [0.2, 0.25) is 0 Å². The van der Waals surface area contributed by atoms with Crippen molar-refractivity contribution >= 4 is 0 Å². The maximum absolute atomic E-state index is 13.9. The minimum absolute atomic E-state index is 0.316. The van der Waals surface area contributed by atoms with Crippen LogP contribution in [0.3, 0.4) is 0 Å². The van der Waals surface area contributed by atoms with Crippen molar-refractivity contribution in [1.82, 2.24) is 15.1 Å². The molecule has 0 bridgehead atoms. The Labute approximate surface area is 116 Å². The van der Waals surface area contributed by atoms with Gasteiger partial charge in [0, 0.05) is 24.1 Å². The smallest absolute Gasteiger partial charge is 0.151 e. The molecule has 1 heterocycles. The van der Waals surface area contributed by atoms with Crippen LogP contribution in [-0.4, -0.2) is 16.3 Å². The van der Waals surface area contributed by atoms with E-state index in [0.29, 0.717) is 11.6 Å². The lowest BCUT2D eigenvalue weighted by Gasteiger charge is -2.10. The van der Waals surface area contributed by atoms with Gasteiger partial charge >= 0.3 is 0 Å². The first-order valence-corrected chi connectivity index (χ1v) is 6.93. The molecule has 1 N–H and O–H groups in total. The fourth-order valence-corrected chi connectivity index (χ4v) is 2.42. The molecule has 1 aliphatic carbocycles. The zero-order valence-electron chi connectivity index (χ0n) is 11.4. The number of rotatable bonds is 5. The standard InChI is InChI=1S/C15H17F2N3/c1-2-18-8-11-9-19-20(15(11)10-3-4-10)14-6-5-12(16)7-13(14)17/h5-7,9-10,18H,2-4,8H2,1H3. The highest BCUT2D eigenvalue weighted by molar-refractivity contribution is 5.39. The number of nitrogens with one attached hydrogen (secondary N) is 1. The third kappa shape index (κ3) is 2.45. The zero-order valence-corrected chi connectivity index (χ0v) is 11.4. The highest BCUT2D eigenvalue weighted by atomic mass is 19.1. The van der Waals surface area contributed by atoms with Crippen LogP contribution >= 0.6 is 0 Å². The van der Waals surface area contributed by atoms with Crippen LogP contribution in [0.1, 0.15) is 36.9 Å². The topological polar surface area (TPSA) is 29.9 Å². The van der Waals surface area contributed by atoms with Gasteiger partial charge in [-0.05, 0) is 31.5 Å². The van der Waals surface area contributed by atoms with Gasteiger partial charge in [-0.2, -0.15) is 5.10 Å². The fraction of sp³-hybridized carbons (Fsp3) is 0.400. The third-order valence-electron chi connectivity index (χ3n) is 3.55. The van der Waals surface area contributed by atoms with Crippen LogP contribution in [0.4, 0.5) is 8.78 Å². The van der Waals surface area contributed by atoms with E-state index >= 15 is 0 Å². The van der Waals surface area contributed by atoms with E-state index < -0.39 is 11.6 Å². The van der Waals surface area contributed by atoms with Crippen molar-refractivity contribution in [2.24, 2.45) is 0 Å². The molecule has 20 heavy (non-hydrogen) atoms. The van der Waals surface area contributed by atoms with E-state index in [9.17, 15) is 8.78 Å². The number of aromatic nitrogens is 2. The van der Waals surface area contributed by atoms with E-state index in [-0.39, 0.29) is 0 Å². The van der Waals surface area contributed by atoms with Crippen LogP contribution in [0.25, 0.3) is 5.69 Å². The summed E-state index contributed by atoms with van der Waals surface area (Å²) in [6, 6.07) is 3.61. The molecule has 3 nitrogen and oxygen atoms in total. The van der Waals surface area contributed by atoms with Gasteiger partial charge in [0.1, 0.15) is 11.5 Å². The second-order valence-corrected chi connectivity index (χ2v) is 5.12. The van der Waals surface area contributed by atoms with Gasteiger partial charge in [0.25, 0.3) is 0 Å². The highest BCUT2D eigenvalue weighted by Gasteiger charge is 2.31. The molecule has 3 rings (SSSR count). The normalized spacial score (nSPS) is 14.8. The summed E-state index contributed by atoms with van der Waals surface area (Å²) < 4.78 is 28.6. The van der Waals surface area contributed by atoms with Gasteiger partial charge in [-0.25, -0.2) is 13.5 Å². The second-order valence-electron chi connectivity index (χ2n) is 5.12. The molecule has 1 aliphatic rings. The quantitative estimate of drug-likeness (QED) is 0.910. The van der Waals surface area contributed by atoms with Crippen LogP contribution in [0.5, 0.6) is 0 Å². The number of halogens is 2. The largest absolute Gasteiger partial charge is 0.313 e. The van der Waals surface area contributed by atoms with Gasteiger partial charge in [-0.15, -0.1) is 0 Å². The molecule has 1 saturated carbocycles. The molecule has 0 atom stereocenters. The Hall–Kier alpha value is -1.75. The third-order valence-corrected chi connectivity index (χ3v) is 3.55. The Balaban J connectivity index is 2.02. The van der Waals surface area contributed by atoms with Crippen molar-refractivity contribution < 1.29 is 8.78 Å². The van der Waals surface area contributed by atoms with Crippen molar-refractivity contribution in [1.29, 1.82) is 0 Å². The summed E-state index contributed by atoms with van der Waals surface area (Å²) in [7, 11) is 0. The first kappa shape index (κ1) is 13.2. The average Bonchev–Trinajstić information content (AvgIpc) is 3.17. The van der Waals surface area contributed by atoms with Gasteiger partial charge in [0.2, 0.25) is 0 Å². The molecular weight excluding hydrogens is 260 g/mol. The monoisotopic (exact) mass is 277 g/mol. The van der Waals surface area contributed by atoms with Crippen LogP contribution in [-0.2, 0) is 6.54 Å². The molecule has 0 radical (unpaired) electrons. The zero-order chi connectivity index (χ0) is 14.1. The summed E-state index contributed by atoms with van der Waals surface area (Å²) >= 11 is 0. The van der Waals surface area contributed by atoms with E-state index in [1.165, 1.54) is 12.1 Å². The first-order valence-electron chi connectivity index (χ1n) is 6.93. The number of benzene rings is 1. The van der Waals surface area contributed by atoms with E-state index in [2.05, 4.69) is 10.4 Å². The van der Waals surface area contributed by atoms with Crippen LogP contribution in [0.15, 0.2) is 24.4 Å². The molecule has 0 saturated heterocycles. The Kier molecular flexibility index (Phi) is 3.53. The van der Waals surface area contributed by atoms with E-state index in [0.717, 1.165) is 43.3 Å². The first-order chi connectivity index (χ1) is 9.70. The summed E-state index contributed by atoms with van der Waals surface area (Å²) in [5.41, 5.74) is 2.46. The average molecular weight is 277 g/mol. The molecule has 1 aromatic heterocycles. The van der Waals surface area contributed by atoms with Crippen LogP contribution < -0.4 is 5.32 Å². The Morgan fingerprint density at radius 1 is 1.35 bits per heavy atom. The summed E-state index contributed by atoms with van der Waals surface area (Å²) in [6.45, 7) is 3.65. The predicted molar refractivity (Wildman–Crippen MR) is 72.8 cm³/mol. The highest BCUT2D eigenvalue weighted by Crippen LogP contribution is 2.42. The molecule has 0 aliphatic heterocycles. The van der Waals surface area contributed by atoms with Crippen LogP contribution in [0, 0.1) is 11.6 Å². The van der Waals surface area contributed by atoms with E-state index in [1.807, 2.05) is 6.92 Å². The lowest BCUT2D eigenvalue weighted by atomic mass is 10.1. The van der Waals surface area contributed by atoms with Crippen molar-refractivity contribution in [3.8, 4) is 5.69 Å². The van der Waals surface area contributed by atoms with Gasteiger partial charge in [0.05, 0.1) is 11.9 Å². The molecule has 2 aromatic rings. The summed E-state index contributed by atoms with van der Waals surface area (Å²) in [6.07, 6.45) is 3.99. The molecule has 0 unspecified atom stereocenters. The molecule has 0 spiro atoms. The molecule has 0 amide bonds. The second kappa shape index (κ2) is 5.32. The number of hydrogen-bond donors (Lipinski definition) is 1. The van der Waals surface area contributed by atoms with Crippen molar-refractivity contribution in [2.75, 3.05) is 6.54 Å². The maximum atomic E-state index is 13.9. The van der Waals surface area contributed by atoms with E-state index in [4.69, 9.17) is 0 Å². The van der Waals surface area contributed by atoms with Gasteiger partial charge in [0.15, 0.2) is 5.82 Å². The molecule has 106 valence electrons. The molecule has 5 heteroatoms. The predicted octanol–water partition coefficient (Wildman–Crippen LogP) is 3.14. The Morgan fingerprint density at radius 2 is 2.15 bits per heavy atom. The lowest BCUT2D eigenvalue weighted by Crippen LogP contribution is -2.13. The van der Waals surface area contributed by atoms with Crippen molar-refractivity contribution in [2.45, 2.75) is 32.2 Å². The number of hydrogen-bond acceptors (Lipinski definition) is 2.